The van der Waals surface area contributed by atoms with Gasteiger partial charge < -0.3 is 14.2 Å². The van der Waals surface area contributed by atoms with Gasteiger partial charge in [-0.05, 0) is 109 Å². The lowest BCUT2D eigenvalue weighted by molar-refractivity contribution is -0.166. The first-order valence-corrected chi connectivity index (χ1v) is 25.2. The number of hydrogen-bond acceptors (Lipinski definition) is 6. The van der Waals surface area contributed by atoms with Crippen molar-refractivity contribution in [3.8, 4) is 0 Å². The molecule has 0 heterocycles. The zero-order valence-electron chi connectivity index (χ0n) is 40.7. The average Bonchev–Trinajstić information content (AvgIpc) is 3.29. The molecule has 1 atom stereocenters. The zero-order valence-corrected chi connectivity index (χ0v) is 40.7. The monoisotopic (exact) mass is 883 g/mol. The van der Waals surface area contributed by atoms with Gasteiger partial charge in [-0.3, -0.25) is 14.4 Å². The Balaban J connectivity index is 4.62. The second-order valence-corrected chi connectivity index (χ2v) is 16.0. The predicted octanol–water partition coefficient (Wildman–Crippen LogP) is 16.7. The van der Waals surface area contributed by atoms with E-state index in [2.05, 4.69) is 136 Å². The molecule has 0 bridgehead atoms. The third-order valence-corrected chi connectivity index (χ3v) is 9.90. The van der Waals surface area contributed by atoms with E-state index < -0.39 is 6.10 Å². The molecule has 0 aliphatic rings. The van der Waals surface area contributed by atoms with Gasteiger partial charge in [-0.1, -0.05) is 199 Å². The normalized spacial score (nSPS) is 13.2. The highest BCUT2D eigenvalue weighted by atomic mass is 16.6. The smallest absolute Gasteiger partial charge is 0.306 e. The summed E-state index contributed by atoms with van der Waals surface area (Å²) in [7, 11) is 0. The molecule has 0 fully saturated rings. The van der Waals surface area contributed by atoms with Crippen LogP contribution in [0.25, 0.3) is 0 Å². The first-order chi connectivity index (χ1) is 31.5. The number of esters is 3. The first-order valence-electron chi connectivity index (χ1n) is 25.2. The van der Waals surface area contributed by atoms with Crippen molar-refractivity contribution in [2.24, 2.45) is 0 Å². The molecule has 1 unspecified atom stereocenters. The molecule has 6 nitrogen and oxygen atoms in total. The fourth-order valence-electron chi connectivity index (χ4n) is 6.18. The Kier molecular flexibility index (Phi) is 47.6. The van der Waals surface area contributed by atoms with Crippen molar-refractivity contribution in [1.29, 1.82) is 0 Å². The molecule has 0 spiro atoms. The van der Waals surface area contributed by atoms with E-state index in [4.69, 9.17) is 14.2 Å². The predicted molar refractivity (Wildman–Crippen MR) is 274 cm³/mol. The Hall–Kier alpha value is -4.45. The summed E-state index contributed by atoms with van der Waals surface area (Å²) in [6.07, 6.45) is 71.7. The number of allylic oxidation sites excluding steroid dienone is 22. The van der Waals surface area contributed by atoms with Crippen LogP contribution in [0.15, 0.2) is 134 Å². The summed E-state index contributed by atoms with van der Waals surface area (Å²) < 4.78 is 16.6. The second kappa shape index (κ2) is 51.2. The summed E-state index contributed by atoms with van der Waals surface area (Å²) in [6.45, 7) is 6.23. The van der Waals surface area contributed by atoms with Crippen LogP contribution in [0.1, 0.15) is 194 Å². The summed E-state index contributed by atoms with van der Waals surface area (Å²) >= 11 is 0. The molecular weight excluding hydrogens is 793 g/mol. The number of hydrogen-bond donors (Lipinski definition) is 0. The molecule has 0 radical (unpaired) electrons. The maximum absolute atomic E-state index is 12.8. The van der Waals surface area contributed by atoms with Crippen LogP contribution in [0.2, 0.25) is 0 Å². The van der Waals surface area contributed by atoms with Crippen LogP contribution in [0.4, 0.5) is 0 Å². The molecule has 0 aliphatic heterocycles. The minimum absolute atomic E-state index is 0.146. The molecule has 64 heavy (non-hydrogen) atoms. The highest BCUT2D eigenvalue weighted by Gasteiger charge is 2.19. The van der Waals surface area contributed by atoms with Gasteiger partial charge in [0, 0.05) is 19.3 Å². The zero-order chi connectivity index (χ0) is 46.5. The van der Waals surface area contributed by atoms with E-state index in [1.54, 1.807) is 0 Å². The van der Waals surface area contributed by atoms with Crippen LogP contribution in [0, 0.1) is 0 Å². The Labute approximate surface area is 392 Å². The Bertz CT molecular complexity index is 1430. The van der Waals surface area contributed by atoms with Crippen molar-refractivity contribution >= 4 is 17.9 Å². The van der Waals surface area contributed by atoms with Gasteiger partial charge in [-0.15, -0.1) is 0 Å². The van der Waals surface area contributed by atoms with Crippen LogP contribution in [0.5, 0.6) is 0 Å². The van der Waals surface area contributed by atoms with Crippen LogP contribution in [-0.4, -0.2) is 37.2 Å². The van der Waals surface area contributed by atoms with E-state index in [-0.39, 0.29) is 50.4 Å². The molecule has 0 aromatic heterocycles. The van der Waals surface area contributed by atoms with Crippen LogP contribution < -0.4 is 0 Å². The van der Waals surface area contributed by atoms with Crippen molar-refractivity contribution < 1.29 is 28.6 Å². The molecule has 0 aliphatic carbocycles. The average molecular weight is 883 g/mol. The third-order valence-electron chi connectivity index (χ3n) is 9.90. The Morgan fingerprint density at radius 3 is 1.02 bits per heavy atom. The van der Waals surface area contributed by atoms with Crippen molar-refractivity contribution in [3.05, 3.63) is 134 Å². The molecule has 358 valence electrons. The molecule has 0 saturated heterocycles. The summed E-state index contributed by atoms with van der Waals surface area (Å²) in [5, 5.41) is 0. The minimum Gasteiger partial charge on any atom is -0.462 e. The summed E-state index contributed by atoms with van der Waals surface area (Å²) in [4.78, 5) is 37.9. The topological polar surface area (TPSA) is 78.9 Å². The third kappa shape index (κ3) is 48.6. The quantitative estimate of drug-likeness (QED) is 0.0263. The summed E-state index contributed by atoms with van der Waals surface area (Å²) in [5.74, 6) is -1.13. The van der Waals surface area contributed by atoms with E-state index >= 15 is 0 Å². The molecule has 0 rings (SSSR count). The van der Waals surface area contributed by atoms with Crippen LogP contribution in [-0.2, 0) is 28.6 Å². The van der Waals surface area contributed by atoms with Gasteiger partial charge >= 0.3 is 17.9 Å². The van der Waals surface area contributed by atoms with Gasteiger partial charge in [0.25, 0.3) is 0 Å². The van der Waals surface area contributed by atoms with Crippen LogP contribution in [0.3, 0.4) is 0 Å². The molecule has 6 heteroatoms. The fourth-order valence-corrected chi connectivity index (χ4v) is 6.18. The molecule has 0 N–H and O–H groups in total. The lowest BCUT2D eigenvalue weighted by atomic mass is 10.1. The van der Waals surface area contributed by atoms with E-state index in [0.717, 1.165) is 103 Å². The van der Waals surface area contributed by atoms with Crippen molar-refractivity contribution in [2.45, 2.75) is 200 Å². The van der Waals surface area contributed by atoms with Crippen molar-refractivity contribution in [3.63, 3.8) is 0 Å². The molecular formula is C58H90O6. The molecule has 0 aromatic rings. The van der Waals surface area contributed by atoms with Gasteiger partial charge in [-0.2, -0.15) is 0 Å². The molecule has 0 aromatic carbocycles. The number of carbonyl (C=O) groups excluding carboxylic acids is 3. The standard InChI is InChI=1S/C58H90O6/c1-4-7-10-13-16-19-22-25-27-28-29-30-31-34-36-39-42-45-48-51-57(60)63-54-55(53-62-56(59)50-47-44-41-38-35-32-24-21-18-15-12-9-6-3)64-58(61)52-49-46-43-40-37-33-26-23-20-17-14-11-8-5-2/h7-8,10-11,16-17,19-20,25-27,29-30,32-36,41-42,44-45,55H,4-6,9,12-15,18,21-24,28,31,37-40,43,46-54H2,1-3H3/b10-7+,11-8+,19-16+,20-17+,27-25+,30-29+,33-26+,35-32+,36-34+,44-41+,45-42+. The highest BCUT2D eigenvalue weighted by Crippen LogP contribution is 2.11. The highest BCUT2D eigenvalue weighted by molar-refractivity contribution is 5.71. The van der Waals surface area contributed by atoms with Crippen molar-refractivity contribution in [1.82, 2.24) is 0 Å². The number of ether oxygens (including phenoxy) is 3. The lowest BCUT2D eigenvalue weighted by Gasteiger charge is -2.18. The Morgan fingerprint density at radius 1 is 0.328 bits per heavy atom. The largest absolute Gasteiger partial charge is 0.462 e. The van der Waals surface area contributed by atoms with E-state index in [1.165, 1.54) is 38.5 Å². The summed E-state index contributed by atoms with van der Waals surface area (Å²) in [6, 6.07) is 0. The van der Waals surface area contributed by atoms with Crippen molar-refractivity contribution in [2.75, 3.05) is 13.2 Å². The molecule has 0 amide bonds. The maximum Gasteiger partial charge on any atom is 0.306 e. The van der Waals surface area contributed by atoms with E-state index in [1.807, 2.05) is 18.2 Å². The Morgan fingerprint density at radius 2 is 0.641 bits per heavy atom. The van der Waals surface area contributed by atoms with Gasteiger partial charge in [0.15, 0.2) is 6.10 Å². The SMILES string of the molecule is CC/C=C/C/C=C/C/C=C/C/C=C/C/C=C/C/C=C/CCC(=O)OCC(COC(=O)CC/C=C/C/C=C/CCCCCCCC)OC(=O)CCCCCC/C=C/C/C=C/C/C=C/CC. The lowest BCUT2D eigenvalue weighted by Crippen LogP contribution is -2.30. The fraction of sp³-hybridized carbons (Fsp3) is 0.569. The van der Waals surface area contributed by atoms with Gasteiger partial charge in [0.1, 0.15) is 13.2 Å². The second-order valence-electron chi connectivity index (χ2n) is 16.0. The molecule has 0 saturated carbocycles. The number of rotatable bonds is 43. The van der Waals surface area contributed by atoms with Gasteiger partial charge in [0.05, 0.1) is 0 Å². The van der Waals surface area contributed by atoms with Gasteiger partial charge in [-0.25, -0.2) is 0 Å². The van der Waals surface area contributed by atoms with E-state index in [0.29, 0.717) is 12.8 Å². The van der Waals surface area contributed by atoms with Gasteiger partial charge in [0.2, 0.25) is 0 Å². The summed E-state index contributed by atoms with van der Waals surface area (Å²) in [5.41, 5.74) is 0. The number of carbonyl (C=O) groups is 3. The first kappa shape index (κ1) is 59.5. The van der Waals surface area contributed by atoms with E-state index in [9.17, 15) is 14.4 Å². The minimum atomic E-state index is -0.847. The number of unbranched alkanes of at least 4 members (excludes halogenated alkanes) is 10. The maximum atomic E-state index is 12.8. The van der Waals surface area contributed by atoms with Crippen LogP contribution >= 0.6 is 0 Å².